The third kappa shape index (κ3) is 4.03. The van der Waals surface area contributed by atoms with Crippen LogP contribution >= 0.6 is 0 Å². The van der Waals surface area contributed by atoms with Crippen LogP contribution in [0.2, 0.25) is 0 Å². The lowest BCUT2D eigenvalue weighted by molar-refractivity contribution is 0.0748. The van der Waals surface area contributed by atoms with E-state index in [4.69, 9.17) is 0 Å². The van der Waals surface area contributed by atoms with Gasteiger partial charge < -0.3 is 25.7 Å². The number of carbonyl (C=O) groups excluding carboxylic acids is 1. The van der Waals surface area contributed by atoms with E-state index >= 15 is 0 Å². The van der Waals surface area contributed by atoms with Crippen LogP contribution in [0, 0.1) is 0 Å². The quantitative estimate of drug-likeness (QED) is 0.636. The molecule has 0 radical (unpaired) electrons. The summed E-state index contributed by atoms with van der Waals surface area (Å²) in [6.07, 6.45) is 2.22. The van der Waals surface area contributed by atoms with Gasteiger partial charge in [0.25, 0.3) is 5.91 Å². The van der Waals surface area contributed by atoms with Gasteiger partial charge in [-0.1, -0.05) is 19.9 Å². The van der Waals surface area contributed by atoms with Gasteiger partial charge in [0, 0.05) is 30.9 Å². The summed E-state index contributed by atoms with van der Waals surface area (Å²) in [5.74, 6) is -0.316. The fourth-order valence-electron chi connectivity index (χ4n) is 4.23. The number of phenols is 2. The first-order valence-corrected chi connectivity index (χ1v) is 10.4. The van der Waals surface area contributed by atoms with Gasteiger partial charge in [-0.15, -0.1) is 0 Å². The molecule has 0 unspecified atom stereocenters. The topological polar surface area (TPSA) is 84.8 Å². The van der Waals surface area contributed by atoms with Crippen LogP contribution in [0.25, 0.3) is 0 Å². The third-order valence-electron chi connectivity index (χ3n) is 5.92. The number of nitrogens with zero attached hydrogens (tertiary/aromatic N) is 1. The maximum Gasteiger partial charge on any atom is 0.258 e. The molecule has 0 spiro atoms. The van der Waals surface area contributed by atoms with Gasteiger partial charge in [-0.3, -0.25) is 4.79 Å². The molecule has 2 aromatic rings. The molecule has 2 aromatic carbocycles. The molecule has 154 valence electrons. The summed E-state index contributed by atoms with van der Waals surface area (Å²) in [6, 6.07) is 9.68. The van der Waals surface area contributed by atoms with Crippen molar-refractivity contribution in [3.63, 3.8) is 0 Å². The van der Waals surface area contributed by atoms with Gasteiger partial charge >= 0.3 is 0 Å². The van der Waals surface area contributed by atoms with E-state index in [9.17, 15) is 15.0 Å². The van der Waals surface area contributed by atoms with Gasteiger partial charge in [0.15, 0.2) is 0 Å². The molecule has 6 heteroatoms. The number of hydrogen-bond donors (Lipinski definition) is 4. The molecule has 2 aliphatic rings. The molecule has 1 fully saturated rings. The Balaban J connectivity index is 1.50. The molecule has 1 amide bonds. The van der Waals surface area contributed by atoms with E-state index in [1.54, 1.807) is 11.0 Å². The lowest BCUT2D eigenvalue weighted by Crippen LogP contribution is -2.35. The minimum atomic E-state index is -0.214. The summed E-state index contributed by atoms with van der Waals surface area (Å²) in [4.78, 5) is 14.8. The lowest BCUT2D eigenvalue weighted by Gasteiger charge is -2.24. The van der Waals surface area contributed by atoms with E-state index in [-0.39, 0.29) is 28.9 Å². The first kappa shape index (κ1) is 19.6. The highest BCUT2D eigenvalue weighted by molar-refractivity contribution is 5.97. The third-order valence-corrected chi connectivity index (χ3v) is 5.92. The van der Waals surface area contributed by atoms with E-state index in [2.05, 4.69) is 28.8 Å². The number of nitrogens with one attached hydrogen (secondary N) is 2. The zero-order chi connectivity index (χ0) is 20.5. The van der Waals surface area contributed by atoms with Crippen molar-refractivity contribution in [2.75, 3.05) is 18.4 Å². The number of carbonyl (C=O) groups is 1. The fourth-order valence-corrected chi connectivity index (χ4v) is 4.23. The Labute approximate surface area is 171 Å². The zero-order valence-corrected chi connectivity index (χ0v) is 17.0. The summed E-state index contributed by atoms with van der Waals surface area (Å²) in [6.45, 7) is 7.02. The van der Waals surface area contributed by atoms with Crippen LogP contribution in [0.1, 0.15) is 59.7 Å². The molecule has 0 saturated carbocycles. The minimum absolute atomic E-state index is 0.0207. The second-order valence-electron chi connectivity index (χ2n) is 8.40. The number of benzene rings is 2. The molecule has 0 atom stereocenters. The van der Waals surface area contributed by atoms with E-state index in [0.29, 0.717) is 24.7 Å². The van der Waals surface area contributed by atoms with Crippen molar-refractivity contribution in [2.24, 2.45) is 0 Å². The molecule has 29 heavy (non-hydrogen) atoms. The molecule has 1 saturated heterocycles. The van der Waals surface area contributed by atoms with E-state index in [1.807, 2.05) is 13.8 Å². The first-order chi connectivity index (χ1) is 13.9. The molecular weight excluding hydrogens is 366 g/mol. The van der Waals surface area contributed by atoms with Crippen molar-refractivity contribution < 1.29 is 15.0 Å². The predicted molar refractivity (Wildman–Crippen MR) is 113 cm³/mol. The predicted octanol–water partition coefficient (Wildman–Crippen LogP) is 3.54. The van der Waals surface area contributed by atoms with Gasteiger partial charge in [0.05, 0.1) is 5.56 Å². The summed E-state index contributed by atoms with van der Waals surface area (Å²) in [5.41, 5.74) is 4.28. The summed E-state index contributed by atoms with van der Waals surface area (Å²) in [7, 11) is 0. The summed E-state index contributed by atoms with van der Waals surface area (Å²) >= 11 is 0. The van der Waals surface area contributed by atoms with Crippen LogP contribution in [0.3, 0.4) is 0 Å². The highest BCUT2D eigenvalue weighted by atomic mass is 16.3. The number of amides is 1. The molecule has 0 bridgehead atoms. The number of aromatic hydroxyl groups is 2. The maximum atomic E-state index is 13.1. The Bertz CT molecular complexity index is 920. The number of phenolic OH excluding ortho intramolecular Hbond substituents is 2. The molecule has 2 heterocycles. The zero-order valence-electron chi connectivity index (χ0n) is 17.0. The van der Waals surface area contributed by atoms with Crippen LogP contribution in [0.4, 0.5) is 5.69 Å². The van der Waals surface area contributed by atoms with Gasteiger partial charge in [-0.25, -0.2) is 0 Å². The van der Waals surface area contributed by atoms with Crippen LogP contribution < -0.4 is 10.6 Å². The Morgan fingerprint density at radius 3 is 2.52 bits per heavy atom. The maximum absolute atomic E-state index is 13.1. The standard InChI is InChI=1S/C23H29N3O3/c1-14(2)19-10-20(22(28)11-21(19)27)23(29)26-12-15-3-4-18(9-16(15)13-26)25-17-5-7-24-8-6-17/h3-4,9-11,14,17,24-25,27-28H,5-8,12-13H2,1-2H3. The van der Waals surface area contributed by atoms with Gasteiger partial charge in [0.2, 0.25) is 0 Å². The summed E-state index contributed by atoms with van der Waals surface area (Å²) < 4.78 is 0. The monoisotopic (exact) mass is 395 g/mol. The fraction of sp³-hybridized carbons (Fsp3) is 0.435. The molecule has 0 aromatic heterocycles. The van der Waals surface area contributed by atoms with Gasteiger partial charge in [-0.2, -0.15) is 0 Å². The normalized spacial score (nSPS) is 16.9. The average molecular weight is 396 g/mol. The van der Waals surface area contributed by atoms with Crippen molar-refractivity contribution in [3.05, 3.63) is 52.6 Å². The molecule has 4 rings (SSSR count). The highest BCUT2D eigenvalue weighted by Crippen LogP contribution is 2.35. The Morgan fingerprint density at radius 2 is 1.79 bits per heavy atom. The number of hydrogen-bond acceptors (Lipinski definition) is 5. The Kier molecular flexibility index (Phi) is 5.37. The molecule has 4 N–H and O–H groups in total. The van der Waals surface area contributed by atoms with E-state index in [0.717, 1.165) is 42.7 Å². The van der Waals surface area contributed by atoms with Crippen LogP contribution in [0.15, 0.2) is 30.3 Å². The Morgan fingerprint density at radius 1 is 1.07 bits per heavy atom. The number of rotatable bonds is 4. The SMILES string of the molecule is CC(C)c1cc(C(=O)N2Cc3ccc(NC4CCNCC4)cc3C2)c(O)cc1O. The molecule has 2 aliphatic heterocycles. The number of anilines is 1. The van der Waals surface area contributed by atoms with Crippen molar-refractivity contribution >= 4 is 11.6 Å². The number of fused-ring (bicyclic) bond motifs is 1. The van der Waals surface area contributed by atoms with Crippen LogP contribution in [0.5, 0.6) is 11.5 Å². The van der Waals surface area contributed by atoms with Crippen molar-refractivity contribution in [2.45, 2.75) is 51.7 Å². The molecule has 0 aliphatic carbocycles. The van der Waals surface area contributed by atoms with Crippen molar-refractivity contribution in [1.82, 2.24) is 10.2 Å². The second kappa shape index (κ2) is 7.95. The highest BCUT2D eigenvalue weighted by Gasteiger charge is 2.27. The Hall–Kier alpha value is -2.73. The van der Waals surface area contributed by atoms with Crippen LogP contribution in [-0.2, 0) is 13.1 Å². The molecule has 6 nitrogen and oxygen atoms in total. The minimum Gasteiger partial charge on any atom is -0.508 e. The largest absolute Gasteiger partial charge is 0.508 e. The smallest absolute Gasteiger partial charge is 0.258 e. The van der Waals surface area contributed by atoms with Crippen LogP contribution in [-0.4, -0.2) is 40.2 Å². The number of piperidine rings is 1. The van der Waals surface area contributed by atoms with E-state index in [1.165, 1.54) is 6.07 Å². The summed E-state index contributed by atoms with van der Waals surface area (Å²) in [5, 5.41) is 27.3. The second-order valence-corrected chi connectivity index (χ2v) is 8.40. The lowest BCUT2D eigenvalue weighted by atomic mass is 9.98. The van der Waals surface area contributed by atoms with E-state index < -0.39 is 0 Å². The van der Waals surface area contributed by atoms with Crippen molar-refractivity contribution in [3.8, 4) is 11.5 Å². The van der Waals surface area contributed by atoms with Gasteiger partial charge in [-0.05, 0) is 66.7 Å². The van der Waals surface area contributed by atoms with Crippen molar-refractivity contribution in [1.29, 1.82) is 0 Å². The average Bonchev–Trinajstić information content (AvgIpc) is 3.11. The first-order valence-electron chi connectivity index (χ1n) is 10.4. The molecular formula is C23H29N3O3. The van der Waals surface area contributed by atoms with Gasteiger partial charge in [0.1, 0.15) is 11.5 Å².